The average Bonchev–Trinajstić information content (AvgIpc) is 3.96. The summed E-state index contributed by atoms with van der Waals surface area (Å²) in [6.45, 7) is 0. The van der Waals surface area contributed by atoms with Gasteiger partial charge in [0.25, 0.3) is 0 Å². The topological polar surface area (TPSA) is 61.4 Å². The van der Waals surface area contributed by atoms with Crippen LogP contribution in [0.15, 0.2) is 197 Å². The number of para-hydroxylation sites is 4. The molecule has 1 N–H and O–H groups in total. The minimum Gasteiger partial charge on any atom is -0.456 e. The number of aromatic amines is 1. The minimum atomic E-state index is 0.798. The summed E-state index contributed by atoms with van der Waals surface area (Å²) in [5.41, 5.74) is 12.1. The molecule has 55 heavy (non-hydrogen) atoms. The Morgan fingerprint density at radius 2 is 1.00 bits per heavy atom. The molecule has 0 aliphatic carbocycles. The number of benzene rings is 8. The molecule has 0 aliphatic rings. The lowest BCUT2D eigenvalue weighted by atomic mass is 10.1. The number of H-pyrrole nitrogens is 1. The van der Waals surface area contributed by atoms with Crippen LogP contribution in [0.3, 0.4) is 0 Å². The van der Waals surface area contributed by atoms with Crippen LogP contribution in [-0.4, -0.2) is 9.97 Å². The second-order valence-electron chi connectivity index (χ2n) is 13.7. The van der Waals surface area contributed by atoms with E-state index in [1.165, 1.54) is 0 Å². The molecule has 0 atom stereocenters. The molecule has 0 radical (unpaired) electrons. The molecule has 0 saturated carbocycles. The number of hydrogen-bond acceptors (Lipinski definition) is 5. The first-order chi connectivity index (χ1) is 27.3. The zero-order chi connectivity index (χ0) is 36.3. The molecule has 11 rings (SSSR count). The lowest BCUT2D eigenvalue weighted by molar-refractivity contribution is 0.668. The van der Waals surface area contributed by atoms with Gasteiger partial charge >= 0.3 is 0 Å². The predicted octanol–water partition coefficient (Wildman–Crippen LogP) is 14.0. The number of aromatic nitrogens is 2. The first-order valence-electron chi connectivity index (χ1n) is 18.4. The molecule has 0 bridgehead atoms. The lowest BCUT2D eigenvalue weighted by Crippen LogP contribution is -2.14. The Hall–Kier alpha value is -7.57. The Morgan fingerprint density at radius 1 is 0.400 bits per heavy atom. The SMILES string of the molecule is c1ccc(-c2nc3cc(N(c4ccccc4)c4ccc5oc6ccccc6c5c4)cc(N(c4ccccc4)c4cccc5oc6ccccc6c45)c3[nH]2)cc1. The van der Waals surface area contributed by atoms with Gasteiger partial charge in [0.2, 0.25) is 0 Å². The molecule has 3 heterocycles. The molecule has 8 aromatic carbocycles. The summed E-state index contributed by atoms with van der Waals surface area (Å²) in [6.07, 6.45) is 0. The maximum atomic E-state index is 6.44. The first-order valence-corrected chi connectivity index (χ1v) is 18.4. The number of nitrogens with one attached hydrogen (secondary N) is 1. The van der Waals surface area contributed by atoms with E-state index < -0.39 is 0 Å². The largest absolute Gasteiger partial charge is 0.456 e. The van der Waals surface area contributed by atoms with E-state index in [1.54, 1.807) is 0 Å². The van der Waals surface area contributed by atoms with Crippen LogP contribution >= 0.6 is 0 Å². The Labute approximate surface area is 316 Å². The van der Waals surface area contributed by atoms with Crippen molar-refractivity contribution in [2.75, 3.05) is 9.80 Å². The van der Waals surface area contributed by atoms with Crippen molar-refractivity contribution in [2.24, 2.45) is 0 Å². The highest BCUT2D eigenvalue weighted by Gasteiger charge is 2.25. The molecule has 0 unspecified atom stereocenters. The predicted molar refractivity (Wildman–Crippen MR) is 225 cm³/mol. The van der Waals surface area contributed by atoms with Crippen molar-refractivity contribution in [3.8, 4) is 11.4 Å². The molecule has 0 spiro atoms. The number of fused-ring (bicyclic) bond motifs is 7. The van der Waals surface area contributed by atoms with Gasteiger partial charge in [-0.15, -0.1) is 0 Å². The van der Waals surface area contributed by atoms with Gasteiger partial charge in [-0.1, -0.05) is 109 Å². The molecule has 6 nitrogen and oxygen atoms in total. The van der Waals surface area contributed by atoms with Crippen molar-refractivity contribution >= 4 is 89.0 Å². The van der Waals surface area contributed by atoms with E-state index in [4.69, 9.17) is 13.8 Å². The highest BCUT2D eigenvalue weighted by Crippen LogP contribution is 2.48. The minimum absolute atomic E-state index is 0.798. The number of rotatable bonds is 7. The van der Waals surface area contributed by atoms with Crippen LogP contribution in [0.2, 0.25) is 0 Å². The second kappa shape index (κ2) is 12.5. The second-order valence-corrected chi connectivity index (χ2v) is 13.7. The zero-order valence-corrected chi connectivity index (χ0v) is 29.6. The molecule has 11 aromatic rings. The zero-order valence-electron chi connectivity index (χ0n) is 29.6. The lowest BCUT2D eigenvalue weighted by Gasteiger charge is -2.30. The van der Waals surface area contributed by atoms with Crippen molar-refractivity contribution in [1.82, 2.24) is 9.97 Å². The fourth-order valence-electron chi connectivity index (χ4n) is 7.92. The van der Waals surface area contributed by atoms with Gasteiger partial charge in [0.05, 0.1) is 33.5 Å². The van der Waals surface area contributed by atoms with Crippen molar-refractivity contribution in [3.63, 3.8) is 0 Å². The first kappa shape index (κ1) is 31.0. The number of hydrogen-bond donors (Lipinski definition) is 1. The summed E-state index contributed by atoms with van der Waals surface area (Å²) in [5, 5.41) is 4.24. The van der Waals surface area contributed by atoms with Gasteiger partial charge in [0.15, 0.2) is 0 Å². The van der Waals surface area contributed by atoms with E-state index in [0.717, 1.165) is 100 Å². The maximum Gasteiger partial charge on any atom is 0.138 e. The quantitative estimate of drug-likeness (QED) is 0.179. The van der Waals surface area contributed by atoms with Gasteiger partial charge in [-0.2, -0.15) is 0 Å². The van der Waals surface area contributed by atoms with E-state index in [2.05, 4.69) is 154 Å². The van der Waals surface area contributed by atoms with Gasteiger partial charge in [-0.05, 0) is 78.9 Å². The summed E-state index contributed by atoms with van der Waals surface area (Å²) in [5.74, 6) is 0.798. The summed E-state index contributed by atoms with van der Waals surface area (Å²) < 4.78 is 12.7. The van der Waals surface area contributed by atoms with Gasteiger partial charge in [0.1, 0.15) is 28.2 Å². The van der Waals surface area contributed by atoms with Crippen molar-refractivity contribution < 1.29 is 8.83 Å². The summed E-state index contributed by atoms with van der Waals surface area (Å²) in [7, 11) is 0. The summed E-state index contributed by atoms with van der Waals surface area (Å²) in [6, 6.07) is 65.0. The molecular formula is C49H32N4O2. The van der Waals surface area contributed by atoms with E-state index in [0.29, 0.717) is 0 Å². The fourth-order valence-corrected chi connectivity index (χ4v) is 7.92. The van der Waals surface area contributed by atoms with Crippen molar-refractivity contribution in [3.05, 3.63) is 188 Å². The average molecular weight is 709 g/mol. The van der Waals surface area contributed by atoms with Gasteiger partial charge < -0.3 is 23.6 Å². The molecule has 3 aromatic heterocycles. The van der Waals surface area contributed by atoms with E-state index in [9.17, 15) is 0 Å². The van der Waals surface area contributed by atoms with Crippen molar-refractivity contribution in [1.29, 1.82) is 0 Å². The van der Waals surface area contributed by atoms with Gasteiger partial charge in [0, 0.05) is 38.8 Å². The molecule has 0 aliphatic heterocycles. The normalized spacial score (nSPS) is 11.6. The third-order valence-electron chi connectivity index (χ3n) is 10.4. The van der Waals surface area contributed by atoms with Crippen LogP contribution in [0, 0.1) is 0 Å². The van der Waals surface area contributed by atoms with Crippen molar-refractivity contribution in [2.45, 2.75) is 0 Å². The number of anilines is 6. The highest BCUT2D eigenvalue weighted by atomic mass is 16.3. The number of nitrogens with zero attached hydrogens (tertiary/aromatic N) is 3. The highest BCUT2D eigenvalue weighted by molar-refractivity contribution is 6.15. The van der Waals surface area contributed by atoms with Gasteiger partial charge in [-0.3, -0.25) is 0 Å². The van der Waals surface area contributed by atoms with Crippen LogP contribution in [0.25, 0.3) is 66.3 Å². The monoisotopic (exact) mass is 708 g/mol. The maximum absolute atomic E-state index is 6.44. The van der Waals surface area contributed by atoms with Crippen LogP contribution in [-0.2, 0) is 0 Å². The van der Waals surface area contributed by atoms with E-state index in [-0.39, 0.29) is 0 Å². The summed E-state index contributed by atoms with van der Waals surface area (Å²) >= 11 is 0. The Kier molecular flexibility index (Phi) is 7.07. The smallest absolute Gasteiger partial charge is 0.138 e. The Balaban J connectivity index is 1.22. The molecular weight excluding hydrogens is 677 g/mol. The van der Waals surface area contributed by atoms with Crippen LogP contribution in [0.1, 0.15) is 0 Å². The molecule has 6 heteroatoms. The number of furan rings is 2. The molecule has 0 fully saturated rings. The van der Waals surface area contributed by atoms with Crippen LogP contribution in [0.4, 0.5) is 34.1 Å². The van der Waals surface area contributed by atoms with E-state index in [1.807, 2.05) is 48.5 Å². The van der Waals surface area contributed by atoms with Crippen LogP contribution < -0.4 is 9.80 Å². The van der Waals surface area contributed by atoms with Gasteiger partial charge in [-0.25, -0.2) is 4.98 Å². The van der Waals surface area contributed by atoms with E-state index >= 15 is 0 Å². The molecule has 260 valence electrons. The van der Waals surface area contributed by atoms with Crippen LogP contribution in [0.5, 0.6) is 0 Å². The fraction of sp³-hybridized carbons (Fsp3) is 0. The Morgan fingerprint density at radius 3 is 1.76 bits per heavy atom. The standard InChI is InChI=1S/C49H32N4O2/c1-4-15-32(16-5-1)49-50-40-30-36(52(33-17-6-2-7-18-33)35-27-28-45-39(29-35)37-21-10-12-24-43(37)54-45)31-42(48(40)51-49)53(34-19-8-3-9-20-34)41-23-14-26-46-47(41)38-22-11-13-25-44(38)55-46/h1-31H,(H,50,51). The summed E-state index contributed by atoms with van der Waals surface area (Å²) in [4.78, 5) is 13.7. The Bertz CT molecular complexity index is 3160. The third kappa shape index (κ3) is 5.15. The molecule has 0 amide bonds. The molecule has 0 saturated heterocycles. The third-order valence-corrected chi connectivity index (χ3v) is 10.4. The number of imidazole rings is 1.